The second-order valence-corrected chi connectivity index (χ2v) is 9.06. The molecule has 3 N–H and O–H groups in total. The summed E-state index contributed by atoms with van der Waals surface area (Å²) in [6.45, 7) is 3.76. The lowest BCUT2D eigenvalue weighted by Gasteiger charge is -2.27. The number of ether oxygens (including phenoxy) is 1. The lowest BCUT2D eigenvalue weighted by molar-refractivity contribution is 0.147. The normalized spacial score (nSPS) is 12.3. The van der Waals surface area contributed by atoms with E-state index in [1.165, 1.54) is 0 Å². The van der Waals surface area contributed by atoms with Gasteiger partial charge in [-0.15, -0.1) is 0 Å². The molecule has 134 valence electrons. The molecule has 0 heterocycles. The number of nitrogens with one attached hydrogen (secondary N) is 3. The predicted molar refractivity (Wildman–Crippen MR) is 110 cm³/mol. The average Bonchev–Trinajstić information content (AvgIpc) is 2.41. The van der Waals surface area contributed by atoms with Crippen LogP contribution >= 0.6 is 78.9 Å². The molecule has 11 heteroatoms. The topological polar surface area (TPSA) is 62.4 Å². The highest BCUT2D eigenvalue weighted by atomic mass is 79.9. The molecule has 0 saturated heterocycles. The lowest BCUT2D eigenvalue weighted by Crippen LogP contribution is -2.56. The van der Waals surface area contributed by atoms with Crippen molar-refractivity contribution in [1.82, 2.24) is 10.6 Å². The van der Waals surface area contributed by atoms with Crippen LogP contribution in [0.2, 0.25) is 0 Å². The Kier molecular flexibility index (Phi) is 8.85. The second-order valence-electron chi connectivity index (χ2n) is 4.52. The Morgan fingerprint density at radius 3 is 2.46 bits per heavy atom. The fraction of sp³-hybridized carbons (Fsp3) is 0.385. The summed E-state index contributed by atoms with van der Waals surface area (Å²) < 4.78 is 4.64. The van der Waals surface area contributed by atoms with E-state index in [0.29, 0.717) is 0 Å². The number of aryl methyl sites for hydroxylation is 1. The number of halogens is 5. The van der Waals surface area contributed by atoms with E-state index in [0.717, 1.165) is 20.2 Å². The number of carbonyl (C=O) groups excluding carboxylic acids is 1. The number of benzene rings is 1. The van der Waals surface area contributed by atoms with Crippen LogP contribution in [-0.4, -0.2) is 27.8 Å². The Labute approximate surface area is 177 Å². The van der Waals surface area contributed by atoms with E-state index < -0.39 is 16.1 Å². The fourth-order valence-corrected chi connectivity index (χ4v) is 3.72. The SMILES string of the molecule is CCOC(=O)N[C@H](NC(=S)Nc1c(C)cc(Br)cc1Br)C(Cl)(Cl)Cl. The van der Waals surface area contributed by atoms with E-state index in [2.05, 4.69) is 47.8 Å². The smallest absolute Gasteiger partial charge is 0.408 e. The number of alkyl carbamates (subject to hydrolysis) is 1. The minimum Gasteiger partial charge on any atom is -0.450 e. The lowest BCUT2D eigenvalue weighted by atomic mass is 10.2. The summed E-state index contributed by atoms with van der Waals surface area (Å²) in [5.41, 5.74) is 1.68. The molecule has 24 heavy (non-hydrogen) atoms. The van der Waals surface area contributed by atoms with Crippen LogP contribution in [0.5, 0.6) is 0 Å². The molecular formula is C13H14Br2Cl3N3O2S. The van der Waals surface area contributed by atoms with Gasteiger partial charge in [0.2, 0.25) is 3.79 Å². The van der Waals surface area contributed by atoms with Gasteiger partial charge < -0.3 is 15.4 Å². The highest BCUT2D eigenvalue weighted by Crippen LogP contribution is 2.31. The van der Waals surface area contributed by atoms with Crippen LogP contribution in [-0.2, 0) is 4.74 Å². The van der Waals surface area contributed by atoms with Crippen molar-refractivity contribution >= 4 is 95.8 Å². The van der Waals surface area contributed by atoms with Crippen molar-refractivity contribution in [3.63, 3.8) is 0 Å². The first kappa shape index (κ1) is 22.1. The van der Waals surface area contributed by atoms with Crippen LogP contribution in [0, 0.1) is 6.92 Å². The van der Waals surface area contributed by atoms with Gasteiger partial charge >= 0.3 is 6.09 Å². The molecule has 0 aliphatic carbocycles. The van der Waals surface area contributed by atoms with Crippen molar-refractivity contribution in [3.05, 3.63) is 26.6 Å². The van der Waals surface area contributed by atoms with E-state index in [4.69, 9.17) is 51.8 Å². The number of anilines is 1. The third kappa shape index (κ3) is 7.09. The summed E-state index contributed by atoms with van der Waals surface area (Å²) in [6.07, 6.45) is -1.82. The van der Waals surface area contributed by atoms with Gasteiger partial charge in [0.1, 0.15) is 0 Å². The van der Waals surface area contributed by atoms with Crippen molar-refractivity contribution in [2.45, 2.75) is 23.8 Å². The zero-order valence-corrected chi connectivity index (χ0v) is 18.8. The van der Waals surface area contributed by atoms with Crippen molar-refractivity contribution in [1.29, 1.82) is 0 Å². The first-order valence-corrected chi connectivity index (χ1v) is 9.70. The Morgan fingerprint density at radius 2 is 1.96 bits per heavy atom. The summed E-state index contributed by atoms with van der Waals surface area (Å²) in [6, 6.07) is 3.78. The van der Waals surface area contributed by atoms with Gasteiger partial charge in [0.15, 0.2) is 11.3 Å². The Hall–Kier alpha value is 0.0100. The molecular weight excluding hydrogens is 528 g/mol. The van der Waals surface area contributed by atoms with Crippen LogP contribution in [0.15, 0.2) is 21.1 Å². The van der Waals surface area contributed by atoms with Gasteiger partial charge in [0, 0.05) is 8.95 Å². The monoisotopic (exact) mass is 539 g/mol. The van der Waals surface area contributed by atoms with Gasteiger partial charge in [-0.2, -0.15) is 0 Å². The third-order valence-electron chi connectivity index (χ3n) is 2.63. The molecule has 1 aromatic rings. The Morgan fingerprint density at radius 1 is 1.33 bits per heavy atom. The first-order valence-electron chi connectivity index (χ1n) is 6.57. The van der Waals surface area contributed by atoms with Crippen molar-refractivity contribution in [3.8, 4) is 0 Å². The Bertz CT molecular complexity index is 606. The van der Waals surface area contributed by atoms with Crippen LogP contribution in [0.3, 0.4) is 0 Å². The van der Waals surface area contributed by atoms with Crippen LogP contribution in [0.4, 0.5) is 10.5 Å². The molecule has 0 aromatic heterocycles. The maximum atomic E-state index is 11.6. The standard InChI is InChI=1S/C13H14Br2Cl3N3O2S/c1-3-23-12(22)21-10(13(16,17)18)20-11(24)19-9-6(2)4-7(14)5-8(9)15/h4-5,10H,3H2,1-2H3,(H,21,22)(H2,19,20,24)/t10-/m0/s1. The molecule has 0 fully saturated rings. The molecule has 0 spiro atoms. The summed E-state index contributed by atoms with van der Waals surface area (Å²) >= 11 is 29.7. The number of amides is 1. The average molecular weight is 543 g/mol. The molecule has 0 saturated carbocycles. The van der Waals surface area contributed by atoms with Crippen LogP contribution in [0.1, 0.15) is 12.5 Å². The zero-order valence-electron chi connectivity index (χ0n) is 12.6. The number of rotatable bonds is 4. The molecule has 0 radical (unpaired) electrons. The van der Waals surface area contributed by atoms with Crippen LogP contribution in [0.25, 0.3) is 0 Å². The number of carbonyl (C=O) groups is 1. The molecule has 0 bridgehead atoms. The third-order valence-corrected chi connectivity index (χ3v) is 4.59. The number of alkyl halides is 3. The van der Waals surface area contributed by atoms with Gasteiger partial charge in [-0.1, -0.05) is 50.7 Å². The number of hydrogen-bond acceptors (Lipinski definition) is 3. The van der Waals surface area contributed by atoms with Crippen molar-refractivity contribution in [2.24, 2.45) is 0 Å². The van der Waals surface area contributed by atoms with Crippen molar-refractivity contribution in [2.75, 3.05) is 11.9 Å². The minimum atomic E-state index is -1.84. The minimum absolute atomic E-state index is 0.161. The summed E-state index contributed by atoms with van der Waals surface area (Å²) in [5.74, 6) is 0. The summed E-state index contributed by atoms with van der Waals surface area (Å²) in [7, 11) is 0. The van der Waals surface area contributed by atoms with Gasteiger partial charge in [0.25, 0.3) is 0 Å². The van der Waals surface area contributed by atoms with Gasteiger partial charge in [-0.25, -0.2) is 4.79 Å². The second kappa shape index (κ2) is 9.64. The molecule has 0 aliphatic heterocycles. The molecule has 5 nitrogen and oxygen atoms in total. The van der Waals surface area contributed by atoms with E-state index in [1.807, 2.05) is 19.1 Å². The van der Waals surface area contributed by atoms with Crippen LogP contribution < -0.4 is 16.0 Å². The maximum absolute atomic E-state index is 11.6. The number of hydrogen-bond donors (Lipinski definition) is 3. The van der Waals surface area contributed by atoms with E-state index >= 15 is 0 Å². The molecule has 1 rings (SSSR count). The fourth-order valence-electron chi connectivity index (χ4n) is 1.63. The van der Waals surface area contributed by atoms with Gasteiger partial charge in [0.05, 0.1) is 12.3 Å². The highest BCUT2D eigenvalue weighted by molar-refractivity contribution is 9.11. The predicted octanol–water partition coefficient (Wildman–Crippen LogP) is 5.25. The first-order chi connectivity index (χ1) is 11.0. The zero-order chi connectivity index (χ0) is 18.5. The molecule has 0 unspecified atom stereocenters. The molecule has 1 aromatic carbocycles. The van der Waals surface area contributed by atoms with E-state index in [-0.39, 0.29) is 11.7 Å². The molecule has 1 atom stereocenters. The molecule has 0 aliphatic rings. The van der Waals surface area contributed by atoms with E-state index in [1.54, 1.807) is 6.92 Å². The maximum Gasteiger partial charge on any atom is 0.408 e. The summed E-state index contributed by atoms with van der Waals surface area (Å²) in [4.78, 5) is 11.6. The van der Waals surface area contributed by atoms with Gasteiger partial charge in [-0.3, -0.25) is 5.32 Å². The molecule has 1 amide bonds. The Balaban J connectivity index is 2.84. The quantitative estimate of drug-likeness (QED) is 0.276. The summed E-state index contributed by atoms with van der Waals surface area (Å²) in [5, 5.41) is 8.30. The highest BCUT2D eigenvalue weighted by Gasteiger charge is 2.35. The van der Waals surface area contributed by atoms with Crippen molar-refractivity contribution < 1.29 is 9.53 Å². The van der Waals surface area contributed by atoms with E-state index in [9.17, 15) is 4.79 Å². The largest absolute Gasteiger partial charge is 0.450 e. The van der Waals surface area contributed by atoms with Gasteiger partial charge in [-0.05, 0) is 59.7 Å². The number of thiocarbonyl (C=S) groups is 1.